The van der Waals surface area contributed by atoms with E-state index < -0.39 is 15.9 Å². The number of carbonyl (C=O) groups excluding carboxylic acids is 1. The van der Waals surface area contributed by atoms with Gasteiger partial charge in [-0.15, -0.1) is 0 Å². The first kappa shape index (κ1) is 24.1. The van der Waals surface area contributed by atoms with E-state index in [1.807, 2.05) is 37.3 Å². The number of nitrogens with one attached hydrogen (secondary N) is 1. The van der Waals surface area contributed by atoms with Crippen LogP contribution < -0.4 is 10.1 Å². The van der Waals surface area contributed by atoms with Crippen LogP contribution in [0.1, 0.15) is 30.1 Å². The van der Waals surface area contributed by atoms with Crippen molar-refractivity contribution in [2.24, 2.45) is 0 Å². The highest BCUT2D eigenvalue weighted by molar-refractivity contribution is 7.89. The fourth-order valence-electron chi connectivity index (χ4n) is 3.01. The number of benzene rings is 2. The van der Waals surface area contributed by atoms with Crippen LogP contribution in [0.4, 0.5) is 5.13 Å². The summed E-state index contributed by atoms with van der Waals surface area (Å²) in [5.74, 6) is 0.302. The molecule has 3 rings (SSSR count). The highest BCUT2D eigenvalue weighted by Gasteiger charge is 2.24. The first-order chi connectivity index (χ1) is 15.9. The van der Waals surface area contributed by atoms with Gasteiger partial charge < -0.3 is 4.74 Å². The third-order valence-electron chi connectivity index (χ3n) is 4.59. The van der Waals surface area contributed by atoms with Crippen LogP contribution in [0.3, 0.4) is 0 Å². The first-order valence-corrected chi connectivity index (χ1v) is 12.3. The lowest BCUT2D eigenvalue weighted by molar-refractivity contribution is 0.102. The summed E-state index contributed by atoms with van der Waals surface area (Å²) in [5, 5.41) is 20.7. The topological polar surface area (TPSA) is 136 Å². The Balaban J connectivity index is 1.75. The van der Waals surface area contributed by atoms with Gasteiger partial charge in [0.2, 0.25) is 10.0 Å². The summed E-state index contributed by atoms with van der Waals surface area (Å²) in [7, 11) is -3.90. The molecule has 1 amide bonds. The molecule has 9 nitrogen and oxygen atoms in total. The van der Waals surface area contributed by atoms with Crippen molar-refractivity contribution in [2.75, 3.05) is 25.0 Å². The molecule has 11 heteroatoms. The van der Waals surface area contributed by atoms with Gasteiger partial charge in [0, 0.05) is 31.5 Å². The van der Waals surface area contributed by atoms with E-state index in [4.69, 9.17) is 15.3 Å². The van der Waals surface area contributed by atoms with Gasteiger partial charge in [-0.3, -0.25) is 10.1 Å². The van der Waals surface area contributed by atoms with Crippen LogP contribution in [-0.2, 0) is 10.0 Å². The number of nitriles is 2. The van der Waals surface area contributed by atoms with Gasteiger partial charge in [-0.25, -0.2) is 13.4 Å². The molecule has 0 saturated heterocycles. The summed E-state index contributed by atoms with van der Waals surface area (Å²) >= 11 is 1.31. The number of hydrogen-bond acceptors (Lipinski definition) is 8. The molecule has 170 valence electrons. The second-order valence-corrected chi connectivity index (χ2v) is 9.75. The Morgan fingerprint density at radius 2 is 1.79 bits per heavy atom. The fraction of sp³-hybridized carbons (Fsp3) is 0.273. The Labute approximate surface area is 195 Å². The molecule has 1 heterocycles. The number of amides is 1. The van der Waals surface area contributed by atoms with E-state index in [-0.39, 0.29) is 36.4 Å². The largest absolute Gasteiger partial charge is 0.494 e. The average molecular weight is 484 g/mol. The number of carbonyl (C=O) groups is 1. The predicted octanol–water partition coefficient (Wildman–Crippen LogP) is 3.77. The maximum Gasteiger partial charge on any atom is 0.257 e. The van der Waals surface area contributed by atoms with Crippen LogP contribution in [-0.4, -0.2) is 43.3 Å². The summed E-state index contributed by atoms with van der Waals surface area (Å²) in [5.41, 5.74) is 0.999. The number of sulfonamides is 1. The number of fused-ring (bicyclic) bond motifs is 1. The molecule has 0 unspecified atom stereocenters. The van der Waals surface area contributed by atoms with Crippen molar-refractivity contribution in [1.82, 2.24) is 9.29 Å². The summed E-state index contributed by atoms with van der Waals surface area (Å²) in [6, 6.07) is 14.8. The van der Waals surface area contributed by atoms with E-state index in [0.29, 0.717) is 11.7 Å². The zero-order valence-corrected chi connectivity index (χ0v) is 19.4. The fourth-order valence-corrected chi connectivity index (χ4v) is 5.34. The molecule has 3 aromatic rings. The van der Waals surface area contributed by atoms with E-state index in [1.165, 1.54) is 35.6 Å². The summed E-state index contributed by atoms with van der Waals surface area (Å²) in [4.78, 5) is 17.0. The maximum absolute atomic E-state index is 12.9. The molecule has 0 aliphatic rings. The van der Waals surface area contributed by atoms with Crippen molar-refractivity contribution in [3.05, 3.63) is 48.0 Å². The van der Waals surface area contributed by atoms with E-state index in [2.05, 4.69) is 10.3 Å². The molecule has 0 saturated carbocycles. The monoisotopic (exact) mass is 483 g/mol. The summed E-state index contributed by atoms with van der Waals surface area (Å²) in [6.07, 6.45) is 0.0265. The molecule has 2 aromatic carbocycles. The summed E-state index contributed by atoms with van der Waals surface area (Å²) < 4.78 is 33.2. The molecular formula is C22H21N5O4S2. The summed E-state index contributed by atoms with van der Waals surface area (Å²) in [6.45, 7) is 2.43. The Kier molecular flexibility index (Phi) is 7.96. The number of nitrogens with zero attached hydrogens (tertiary/aromatic N) is 4. The van der Waals surface area contributed by atoms with Gasteiger partial charge >= 0.3 is 0 Å². The van der Waals surface area contributed by atoms with Gasteiger partial charge in [0.25, 0.3) is 5.91 Å². The molecule has 1 aromatic heterocycles. The van der Waals surface area contributed by atoms with Crippen LogP contribution in [0.15, 0.2) is 47.4 Å². The second kappa shape index (κ2) is 10.9. The maximum atomic E-state index is 12.9. The Morgan fingerprint density at radius 1 is 1.12 bits per heavy atom. The molecule has 0 spiro atoms. The van der Waals surface area contributed by atoms with Gasteiger partial charge in [0.15, 0.2) is 5.13 Å². The third-order valence-corrected chi connectivity index (χ3v) is 7.44. The minimum Gasteiger partial charge on any atom is -0.494 e. The van der Waals surface area contributed by atoms with Crippen LogP contribution in [0.5, 0.6) is 5.75 Å². The SMILES string of the molecule is CCOc1ccc2nc(NC(=O)c3ccc(S(=O)(=O)N(CCC#N)CCC#N)cc3)sc2c1. The van der Waals surface area contributed by atoms with Gasteiger partial charge in [-0.05, 0) is 49.4 Å². The van der Waals surface area contributed by atoms with Crippen LogP contribution >= 0.6 is 11.3 Å². The number of anilines is 1. The van der Waals surface area contributed by atoms with Crippen molar-refractivity contribution in [1.29, 1.82) is 10.5 Å². The van der Waals surface area contributed by atoms with Crippen molar-refractivity contribution in [3.8, 4) is 17.9 Å². The Bertz CT molecular complexity index is 1300. The third kappa shape index (κ3) is 5.84. The number of rotatable bonds is 10. The molecule has 0 bridgehead atoms. The quantitative estimate of drug-likeness (QED) is 0.463. The molecule has 0 radical (unpaired) electrons. The minimum atomic E-state index is -3.90. The number of hydrogen-bond donors (Lipinski definition) is 1. The van der Waals surface area contributed by atoms with E-state index >= 15 is 0 Å². The molecule has 1 N–H and O–H groups in total. The van der Waals surface area contributed by atoms with Gasteiger partial charge in [-0.2, -0.15) is 14.8 Å². The second-order valence-electron chi connectivity index (χ2n) is 6.78. The smallest absolute Gasteiger partial charge is 0.257 e. The average Bonchev–Trinajstić information content (AvgIpc) is 3.20. The lowest BCUT2D eigenvalue weighted by Gasteiger charge is -2.20. The standard InChI is InChI=1S/C22H21N5O4S2/c1-2-31-17-7-10-19-20(15-17)32-22(25-19)26-21(28)16-5-8-18(9-6-16)33(29,30)27(13-3-11-23)14-4-12-24/h5-10,15H,2-4,13-14H2,1H3,(H,25,26,28). The number of thiazole rings is 1. The number of aromatic nitrogens is 1. The molecular weight excluding hydrogens is 462 g/mol. The zero-order valence-electron chi connectivity index (χ0n) is 17.8. The lowest BCUT2D eigenvalue weighted by atomic mass is 10.2. The van der Waals surface area contributed by atoms with Crippen LogP contribution in [0.25, 0.3) is 10.2 Å². The van der Waals surface area contributed by atoms with E-state index in [1.54, 1.807) is 0 Å². The molecule has 0 aliphatic heterocycles. The first-order valence-electron chi connectivity index (χ1n) is 10.1. The normalized spacial score (nSPS) is 11.2. The molecule has 0 fully saturated rings. The molecule has 33 heavy (non-hydrogen) atoms. The lowest BCUT2D eigenvalue weighted by Crippen LogP contribution is -2.32. The highest BCUT2D eigenvalue weighted by Crippen LogP contribution is 2.29. The van der Waals surface area contributed by atoms with Gasteiger partial charge in [0.05, 0.1) is 33.9 Å². The highest BCUT2D eigenvalue weighted by atomic mass is 32.2. The minimum absolute atomic E-state index is 0.00856. The molecule has 0 atom stereocenters. The van der Waals surface area contributed by atoms with Crippen LogP contribution in [0, 0.1) is 22.7 Å². The van der Waals surface area contributed by atoms with Crippen molar-refractivity contribution in [2.45, 2.75) is 24.7 Å². The Morgan fingerprint density at radius 3 is 2.39 bits per heavy atom. The number of ether oxygens (including phenoxy) is 1. The predicted molar refractivity (Wildman–Crippen MR) is 124 cm³/mol. The Hall–Kier alpha value is -3.51. The van der Waals surface area contributed by atoms with Crippen molar-refractivity contribution in [3.63, 3.8) is 0 Å². The van der Waals surface area contributed by atoms with Gasteiger partial charge in [-0.1, -0.05) is 11.3 Å². The van der Waals surface area contributed by atoms with Crippen molar-refractivity contribution < 1.29 is 17.9 Å². The zero-order chi connectivity index (χ0) is 23.8. The van der Waals surface area contributed by atoms with Gasteiger partial charge in [0.1, 0.15) is 5.75 Å². The van der Waals surface area contributed by atoms with E-state index in [0.717, 1.165) is 20.3 Å². The van der Waals surface area contributed by atoms with E-state index in [9.17, 15) is 13.2 Å². The van der Waals surface area contributed by atoms with Crippen molar-refractivity contribution >= 4 is 42.6 Å². The van der Waals surface area contributed by atoms with Crippen LogP contribution in [0.2, 0.25) is 0 Å². The molecule has 0 aliphatic carbocycles.